The van der Waals surface area contributed by atoms with Gasteiger partial charge in [0.25, 0.3) is 0 Å². The van der Waals surface area contributed by atoms with Crippen LogP contribution >= 0.6 is 0 Å². The van der Waals surface area contributed by atoms with Crippen molar-refractivity contribution in [2.75, 3.05) is 13.1 Å². The number of aliphatic hydroxyl groups is 1. The average molecular weight is 253 g/mol. The molecule has 3 rings (SSSR count). The molecule has 2 heteroatoms. The van der Waals surface area contributed by atoms with Crippen molar-refractivity contribution >= 4 is 0 Å². The van der Waals surface area contributed by atoms with Gasteiger partial charge in [0.05, 0.1) is 0 Å². The lowest BCUT2D eigenvalue weighted by Gasteiger charge is -2.24. The predicted octanol–water partition coefficient (Wildman–Crippen LogP) is 2.78. The van der Waals surface area contributed by atoms with Crippen LogP contribution in [0.25, 0.3) is 0 Å². The van der Waals surface area contributed by atoms with Crippen LogP contribution in [0.4, 0.5) is 0 Å². The van der Waals surface area contributed by atoms with Gasteiger partial charge in [0.1, 0.15) is 5.60 Å². The first-order valence-electron chi connectivity index (χ1n) is 6.80. The topological polar surface area (TPSA) is 23.5 Å². The molecule has 0 saturated carbocycles. The van der Waals surface area contributed by atoms with Crippen molar-refractivity contribution in [3.05, 3.63) is 71.8 Å². The third-order valence-corrected chi connectivity index (χ3v) is 3.89. The van der Waals surface area contributed by atoms with Gasteiger partial charge in [-0.3, -0.25) is 4.90 Å². The first-order chi connectivity index (χ1) is 9.26. The maximum atomic E-state index is 10.8. The minimum absolute atomic E-state index is 0.684. The molecule has 1 aliphatic rings. The van der Waals surface area contributed by atoms with E-state index >= 15 is 0 Å². The normalized spacial score (nSPS) is 23.6. The molecule has 1 saturated heterocycles. The highest BCUT2D eigenvalue weighted by Crippen LogP contribution is 2.32. The highest BCUT2D eigenvalue weighted by Gasteiger charge is 2.37. The lowest BCUT2D eigenvalue weighted by Crippen LogP contribution is -2.30. The highest BCUT2D eigenvalue weighted by molar-refractivity contribution is 5.24. The number of hydrogen-bond acceptors (Lipinski definition) is 2. The Morgan fingerprint density at radius 1 is 0.947 bits per heavy atom. The van der Waals surface area contributed by atoms with Gasteiger partial charge in [0.15, 0.2) is 0 Å². The monoisotopic (exact) mass is 253 g/mol. The van der Waals surface area contributed by atoms with Gasteiger partial charge in [0.2, 0.25) is 0 Å². The van der Waals surface area contributed by atoms with Gasteiger partial charge in [-0.2, -0.15) is 0 Å². The first kappa shape index (κ1) is 12.4. The molecule has 0 spiro atoms. The summed E-state index contributed by atoms with van der Waals surface area (Å²) >= 11 is 0. The second kappa shape index (κ2) is 5.16. The maximum absolute atomic E-state index is 10.8. The van der Waals surface area contributed by atoms with E-state index in [1.807, 2.05) is 36.4 Å². The summed E-state index contributed by atoms with van der Waals surface area (Å²) in [4.78, 5) is 2.32. The molecule has 1 atom stereocenters. The lowest BCUT2D eigenvalue weighted by atomic mass is 9.93. The van der Waals surface area contributed by atoms with Crippen LogP contribution in [-0.2, 0) is 12.1 Å². The van der Waals surface area contributed by atoms with Crippen LogP contribution in [-0.4, -0.2) is 23.1 Å². The van der Waals surface area contributed by atoms with Gasteiger partial charge < -0.3 is 5.11 Å². The fraction of sp³-hybridized carbons (Fsp3) is 0.294. The zero-order valence-electron chi connectivity index (χ0n) is 11.0. The van der Waals surface area contributed by atoms with E-state index in [0.29, 0.717) is 6.54 Å². The molecule has 1 heterocycles. The minimum atomic E-state index is -0.684. The minimum Gasteiger partial charge on any atom is -0.384 e. The van der Waals surface area contributed by atoms with Crippen molar-refractivity contribution < 1.29 is 5.11 Å². The largest absolute Gasteiger partial charge is 0.384 e. The molecule has 2 nitrogen and oxygen atoms in total. The Kier molecular flexibility index (Phi) is 3.36. The van der Waals surface area contributed by atoms with E-state index in [0.717, 1.165) is 25.1 Å². The highest BCUT2D eigenvalue weighted by atomic mass is 16.3. The van der Waals surface area contributed by atoms with Crippen LogP contribution in [0.2, 0.25) is 0 Å². The molecule has 0 aromatic heterocycles. The van der Waals surface area contributed by atoms with E-state index < -0.39 is 5.60 Å². The number of nitrogens with zero attached hydrogens (tertiary/aromatic N) is 1. The third kappa shape index (κ3) is 2.70. The van der Waals surface area contributed by atoms with Crippen molar-refractivity contribution in [1.29, 1.82) is 0 Å². The van der Waals surface area contributed by atoms with Crippen LogP contribution < -0.4 is 0 Å². The summed E-state index contributed by atoms with van der Waals surface area (Å²) in [5, 5.41) is 10.8. The van der Waals surface area contributed by atoms with Crippen molar-refractivity contribution in [3.63, 3.8) is 0 Å². The Bertz CT molecular complexity index is 525. The summed E-state index contributed by atoms with van der Waals surface area (Å²) in [6.45, 7) is 2.57. The second-order valence-electron chi connectivity index (χ2n) is 5.34. The Labute approximate surface area is 114 Å². The molecule has 98 valence electrons. The predicted molar refractivity (Wildman–Crippen MR) is 76.7 cm³/mol. The number of β-amino-alcohol motifs (C(OH)–C–C–N with tert-alkyl or cyclic N) is 1. The molecular formula is C17H19NO. The van der Waals surface area contributed by atoms with Crippen molar-refractivity contribution in [2.45, 2.75) is 18.6 Å². The number of hydrogen-bond donors (Lipinski definition) is 1. The average Bonchev–Trinajstić information content (AvgIpc) is 2.84. The van der Waals surface area contributed by atoms with Gasteiger partial charge >= 0.3 is 0 Å². The van der Waals surface area contributed by atoms with Crippen molar-refractivity contribution in [3.8, 4) is 0 Å². The summed E-state index contributed by atoms with van der Waals surface area (Å²) in [5.41, 5.74) is 1.65. The van der Waals surface area contributed by atoms with Crippen molar-refractivity contribution in [1.82, 2.24) is 4.90 Å². The summed E-state index contributed by atoms with van der Waals surface area (Å²) in [5.74, 6) is 0. The van der Waals surface area contributed by atoms with Gasteiger partial charge in [-0.05, 0) is 17.5 Å². The molecule has 0 aliphatic carbocycles. The first-order valence-corrected chi connectivity index (χ1v) is 6.80. The van der Waals surface area contributed by atoms with E-state index in [4.69, 9.17) is 0 Å². The molecule has 1 N–H and O–H groups in total. The molecule has 1 aliphatic heterocycles. The summed E-state index contributed by atoms with van der Waals surface area (Å²) in [6.07, 6.45) is 0.809. The van der Waals surface area contributed by atoms with Crippen LogP contribution in [0.5, 0.6) is 0 Å². The molecule has 0 bridgehead atoms. The SMILES string of the molecule is O[C@]1(c2ccccc2)CCN(Cc2ccccc2)C1. The number of benzene rings is 2. The Morgan fingerprint density at radius 2 is 1.58 bits per heavy atom. The molecule has 19 heavy (non-hydrogen) atoms. The van der Waals surface area contributed by atoms with Gasteiger partial charge in [-0.25, -0.2) is 0 Å². The smallest absolute Gasteiger partial charge is 0.103 e. The fourth-order valence-electron chi connectivity index (χ4n) is 2.83. The van der Waals surface area contributed by atoms with E-state index in [-0.39, 0.29) is 0 Å². The maximum Gasteiger partial charge on any atom is 0.103 e. The zero-order valence-corrected chi connectivity index (χ0v) is 11.0. The van der Waals surface area contributed by atoms with Crippen LogP contribution in [0.3, 0.4) is 0 Å². The number of rotatable bonds is 3. The summed E-state index contributed by atoms with van der Waals surface area (Å²) < 4.78 is 0. The molecule has 2 aromatic rings. The molecule has 0 radical (unpaired) electrons. The molecule has 1 fully saturated rings. The molecule has 0 unspecified atom stereocenters. The van der Waals surface area contributed by atoms with E-state index in [1.165, 1.54) is 5.56 Å². The molecular weight excluding hydrogens is 234 g/mol. The molecule has 2 aromatic carbocycles. The fourth-order valence-corrected chi connectivity index (χ4v) is 2.83. The third-order valence-electron chi connectivity index (χ3n) is 3.89. The quantitative estimate of drug-likeness (QED) is 0.909. The summed E-state index contributed by atoms with van der Waals surface area (Å²) in [6, 6.07) is 20.5. The van der Waals surface area contributed by atoms with Crippen LogP contribution in [0.15, 0.2) is 60.7 Å². The van der Waals surface area contributed by atoms with Crippen molar-refractivity contribution in [2.24, 2.45) is 0 Å². The van der Waals surface area contributed by atoms with Crippen LogP contribution in [0, 0.1) is 0 Å². The van der Waals surface area contributed by atoms with E-state index in [2.05, 4.69) is 29.2 Å². The van der Waals surface area contributed by atoms with Gasteiger partial charge in [-0.1, -0.05) is 60.7 Å². The standard InChI is InChI=1S/C17H19NO/c19-17(16-9-5-2-6-10-16)11-12-18(14-17)13-15-7-3-1-4-8-15/h1-10,19H,11-14H2/t17-/m1/s1. The summed E-state index contributed by atoms with van der Waals surface area (Å²) in [7, 11) is 0. The Hall–Kier alpha value is -1.64. The zero-order chi connectivity index (χ0) is 13.1. The molecule has 0 amide bonds. The number of likely N-dealkylation sites (tertiary alicyclic amines) is 1. The van der Waals surface area contributed by atoms with E-state index in [1.54, 1.807) is 0 Å². The lowest BCUT2D eigenvalue weighted by molar-refractivity contribution is 0.0453. The van der Waals surface area contributed by atoms with E-state index in [9.17, 15) is 5.11 Å². The van der Waals surface area contributed by atoms with Crippen LogP contribution in [0.1, 0.15) is 17.5 Å². The Balaban J connectivity index is 1.70. The van der Waals surface area contributed by atoms with Gasteiger partial charge in [-0.15, -0.1) is 0 Å². The van der Waals surface area contributed by atoms with Gasteiger partial charge in [0, 0.05) is 19.6 Å². The second-order valence-corrected chi connectivity index (χ2v) is 5.34. The Morgan fingerprint density at radius 3 is 2.26 bits per heavy atom.